The number of carbonyl (C=O) groups excluding carboxylic acids is 1. The van der Waals surface area contributed by atoms with Gasteiger partial charge >= 0.3 is 0 Å². The first kappa shape index (κ1) is 26.6. The Labute approximate surface area is 202 Å². The number of aryl methyl sites for hydroxylation is 3. The van der Waals surface area contributed by atoms with Crippen LogP contribution >= 0.6 is 0 Å². The van der Waals surface area contributed by atoms with E-state index in [2.05, 4.69) is 55.9 Å². The van der Waals surface area contributed by atoms with Crippen molar-refractivity contribution < 1.29 is 9.18 Å². The second kappa shape index (κ2) is 12.0. The summed E-state index contributed by atoms with van der Waals surface area (Å²) < 4.78 is 15.3. The molecule has 0 bridgehead atoms. The lowest BCUT2D eigenvalue weighted by Crippen LogP contribution is -2.29. The lowest BCUT2D eigenvalue weighted by molar-refractivity contribution is 0.0779. The molecular formula is C24H26FN9O. The molecule has 0 atom stereocenters. The van der Waals surface area contributed by atoms with Crippen LogP contribution in [0.15, 0.2) is 18.3 Å². The minimum atomic E-state index is -0.358. The molecule has 1 aromatic carbocycles. The number of fused-ring (bicyclic) bond motifs is 3. The molecule has 3 heterocycles. The number of halogens is 1. The van der Waals surface area contributed by atoms with Gasteiger partial charge in [-0.1, -0.05) is 0 Å². The van der Waals surface area contributed by atoms with Crippen LogP contribution in [0.25, 0.3) is 16.6 Å². The number of amides is 1. The number of carbonyl (C=O) groups is 1. The highest BCUT2D eigenvalue weighted by atomic mass is 19.1. The van der Waals surface area contributed by atoms with E-state index in [1.165, 1.54) is 22.8 Å². The number of benzene rings is 1. The average Bonchev–Trinajstić information content (AvgIpc) is 3.30. The van der Waals surface area contributed by atoms with Gasteiger partial charge in [-0.3, -0.25) is 4.79 Å². The van der Waals surface area contributed by atoms with Crippen molar-refractivity contribution in [2.75, 3.05) is 19.3 Å². The fourth-order valence-electron chi connectivity index (χ4n) is 3.35. The molecule has 4 aromatic rings. The second-order valence-electron chi connectivity index (χ2n) is 7.46. The highest BCUT2D eigenvalue weighted by Gasteiger charge is 2.16. The fourth-order valence-corrected chi connectivity index (χ4v) is 3.35. The molecule has 11 heteroatoms. The molecule has 0 saturated heterocycles. The number of aromatic nitrogens is 7. The molecule has 0 radical (unpaired) electrons. The van der Waals surface area contributed by atoms with E-state index in [0.717, 1.165) is 12.8 Å². The van der Waals surface area contributed by atoms with E-state index in [-0.39, 0.29) is 23.5 Å². The van der Waals surface area contributed by atoms with Crippen LogP contribution in [0.2, 0.25) is 0 Å². The maximum absolute atomic E-state index is 13.9. The van der Waals surface area contributed by atoms with Crippen LogP contribution in [0.3, 0.4) is 0 Å². The summed E-state index contributed by atoms with van der Waals surface area (Å²) in [5, 5.41) is 12.7. The molecule has 2 N–H and O–H groups in total. The summed E-state index contributed by atoms with van der Waals surface area (Å²) in [5.41, 5.74) is 8.46. The Morgan fingerprint density at radius 3 is 2.49 bits per heavy atom. The summed E-state index contributed by atoms with van der Waals surface area (Å²) in [6.07, 6.45) is 19.6. The molecule has 180 valence electrons. The number of nitrogens with two attached hydrogens (primary N) is 1. The number of anilines is 1. The van der Waals surface area contributed by atoms with Gasteiger partial charge in [0, 0.05) is 25.4 Å². The maximum Gasteiger partial charge on any atom is 0.293 e. The molecule has 35 heavy (non-hydrogen) atoms. The minimum Gasteiger partial charge on any atom is -0.368 e. The fraction of sp³-hybridized carbons (Fsp3) is 0.292. The van der Waals surface area contributed by atoms with Crippen molar-refractivity contribution in [3.63, 3.8) is 0 Å². The quantitative estimate of drug-likeness (QED) is 0.333. The summed E-state index contributed by atoms with van der Waals surface area (Å²) in [5.74, 6) is 0.230. The van der Waals surface area contributed by atoms with E-state index in [1.807, 2.05) is 0 Å². The molecule has 0 unspecified atom stereocenters. The lowest BCUT2D eigenvalue weighted by Gasteiger charge is -2.15. The zero-order valence-electron chi connectivity index (χ0n) is 19.8. The van der Waals surface area contributed by atoms with E-state index in [1.54, 1.807) is 25.8 Å². The van der Waals surface area contributed by atoms with Crippen molar-refractivity contribution in [3.05, 3.63) is 47.1 Å². The molecule has 3 aromatic heterocycles. The predicted octanol–water partition coefficient (Wildman–Crippen LogP) is 2.39. The van der Waals surface area contributed by atoms with Gasteiger partial charge in [-0.15, -0.1) is 35.9 Å². The molecule has 0 aliphatic rings. The Balaban J connectivity index is 0.00000103. The zero-order valence-corrected chi connectivity index (χ0v) is 19.8. The third kappa shape index (κ3) is 6.03. The Morgan fingerprint density at radius 1 is 1.11 bits per heavy atom. The van der Waals surface area contributed by atoms with Crippen molar-refractivity contribution in [2.45, 2.75) is 33.1 Å². The van der Waals surface area contributed by atoms with E-state index in [0.29, 0.717) is 46.6 Å². The van der Waals surface area contributed by atoms with Crippen LogP contribution in [0.1, 0.15) is 40.5 Å². The number of hydrogen-bond acceptors (Lipinski definition) is 8. The smallest absolute Gasteiger partial charge is 0.293 e. The number of unbranched alkanes of at least 4 members (excludes halogenated alkanes) is 1. The Morgan fingerprint density at radius 2 is 1.83 bits per heavy atom. The van der Waals surface area contributed by atoms with E-state index < -0.39 is 0 Å². The summed E-state index contributed by atoms with van der Waals surface area (Å²) in [6.45, 7) is 4.07. The van der Waals surface area contributed by atoms with Gasteiger partial charge < -0.3 is 10.6 Å². The Kier molecular flexibility index (Phi) is 9.12. The third-order valence-electron chi connectivity index (χ3n) is 4.96. The number of terminal acetylenes is 2. The topological polar surface area (TPSA) is 128 Å². The zero-order chi connectivity index (χ0) is 26.1. The molecule has 0 saturated carbocycles. The Hall–Kier alpha value is -4.64. The van der Waals surface area contributed by atoms with Crippen LogP contribution in [-0.4, -0.2) is 59.2 Å². The summed E-state index contributed by atoms with van der Waals surface area (Å²) >= 11 is 0. The van der Waals surface area contributed by atoms with Crippen LogP contribution in [0.5, 0.6) is 0 Å². The van der Waals surface area contributed by atoms with Gasteiger partial charge in [-0.05, 0) is 44.4 Å². The molecule has 10 nitrogen and oxygen atoms in total. The molecule has 0 spiro atoms. The summed E-state index contributed by atoms with van der Waals surface area (Å²) in [6, 6.07) is 2.81. The minimum absolute atomic E-state index is 0.0764. The van der Waals surface area contributed by atoms with Crippen molar-refractivity contribution in [1.29, 1.82) is 0 Å². The number of hydrogen-bond donors (Lipinski definition) is 1. The van der Waals surface area contributed by atoms with Crippen LogP contribution in [0, 0.1) is 45.4 Å². The van der Waals surface area contributed by atoms with Gasteiger partial charge in [-0.2, -0.15) is 9.61 Å². The van der Waals surface area contributed by atoms with Crippen molar-refractivity contribution in [3.8, 4) is 25.7 Å². The average molecular weight is 476 g/mol. The second-order valence-corrected chi connectivity index (χ2v) is 7.46. The van der Waals surface area contributed by atoms with E-state index in [9.17, 15) is 9.18 Å². The van der Waals surface area contributed by atoms with Gasteiger partial charge in [0.05, 0.1) is 17.4 Å². The standard InChI is InChI=1S/C20H22FN9O.2C2H2/c1-11-8-13(21)9-14-16(11)25-20(22)30-18(14)24-15(28-30)6-4-5-7-29(3)19(31)17-23-10-12(2)26-27-17;2*1-2/h8-10H,4-7H2,1-3H3,(H2,22,25);2*1-2H. The van der Waals surface area contributed by atoms with Gasteiger partial charge in [0.1, 0.15) is 5.82 Å². The van der Waals surface area contributed by atoms with E-state index in [4.69, 9.17) is 5.73 Å². The Bertz CT molecular complexity index is 1350. The first-order chi connectivity index (χ1) is 16.8. The normalized spacial score (nSPS) is 10.2. The third-order valence-corrected chi connectivity index (χ3v) is 4.96. The van der Waals surface area contributed by atoms with Crippen LogP contribution in [-0.2, 0) is 6.42 Å². The molecular weight excluding hydrogens is 449 g/mol. The molecule has 4 rings (SSSR count). The van der Waals surface area contributed by atoms with Gasteiger partial charge in [0.25, 0.3) is 5.91 Å². The SMILES string of the molecule is C#C.C#C.Cc1cnc(C(=O)N(C)CCCCc2nc3c4cc(F)cc(C)c4nc(N)n3n2)nn1. The van der Waals surface area contributed by atoms with Gasteiger partial charge in [0.15, 0.2) is 11.5 Å². The van der Waals surface area contributed by atoms with Gasteiger partial charge in [0.2, 0.25) is 11.8 Å². The highest BCUT2D eigenvalue weighted by molar-refractivity contribution is 5.94. The first-order valence-electron chi connectivity index (χ1n) is 10.5. The molecule has 1 amide bonds. The van der Waals surface area contributed by atoms with Crippen LogP contribution < -0.4 is 5.73 Å². The molecule has 0 aliphatic carbocycles. The predicted molar refractivity (Wildman–Crippen MR) is 132 cm³/mol. The monoisotopic (exact) mass is 475 g/mol. The first-order valence-corrected chi connectivity index (χ1v) is 10.5. The van der Waals surface area contributed by atoms with E-state index >= 15 is 0 Å². The largest absolute Gasteiger partial charge is 0.368 e. The number of rotatable bonds is 6. The highest BCUT2D eigenvalue weighted by Crippen LogP contribution is 2.24. The van der Waals surface area contributed by atoms with Gasteiger partial charge in [-0.25, -0.2) is 19.3 Å². The summed E-state index contributed by atoms with van der Waals surface area (Å²) in [4.78, 5) is 26.8. The molecule has 0 fully saturated rings. The van der Waals surface area contributed by atoms with Crippen molar-refractivity contribution in [2.24, 2.45) is 0 Å². The summed E-state index contributed by atoms with van der Waals surface area (Å²) in [7, 11) is 1.70. The lowest BCUT2D eigenvalue weighted by atomic mass is 10.1. The van der Waals surface area contributed by atoms with Crippen LogP contribution in [0.4, 0.5) is 10.3 Å². The number of nitrogens with zero attached hydrogens (tertiary/aromatic N) is 8. The van der Waals surface area contributed by atoms with Crippen molar-refractivity contribution >= 4 is 28.4 Å². The maximum atomic E-state index is 13.9. The van der Waals surface area contributed by atoms with Crippen molar-refractivity contribution in [1.82, 2.24) is 39.7 Å². The molecule has 0 aliphatic heterocycles. The number of nitrogen functional groups attached to an aromatic ring is 1.